The van der Waals surface area contributed by atoms with Crippen LogP contribution in [-0.2, 0) is 6.42 Å². The highest BCUT2D eigenvalue weighted by Crippen LogP contribution is 2.48. The molecule has 33 heavy (non-hydrogen) atoms. The van der Waals surface area contributed by atoms with Crippen LogP contribution in [0.15, 0.2) is 54.6 Å². The van der Waals surface area contributed by atoms with Crippen LogP contribution in [0.4, 0.5) is 10.1 Å². The highest BCUT2D eigenvalue weighted by atomic mass is 35.5. The number of hydrogen-bond acceptors (Lipinski definition) is 6. The SMILES string of the molecule is COc1c(Oc2ccc(CCN)cc2)cc(C(=O)Nc2cccc(F)c2)c(OC)c1OC.Cl. The van der Waals surface area contributed by atoms with Gasteiger partial charge in [-0.3, -0.25) is 4.79 Å². The number of anilines is 1. The number of carbonyl (C=O) groups excluding carboxylic acids is 1. The largest absolute Gasteiger partial charge is 0.492 e. The molecule has 9 heteroatoms. The standard InChI is InChI=1S/C24H25FN2O5.ClH/c1-29-21-19(24(28)27-17-6-4-5-16(25)13-17)14-20(22(30-2)23(21)31-3)32-18-9-7-15(8-10-18)11-12-26;/h4-10,13-14H,11-12,26H2,1-3H3,(H,27,28);1H. The van der Waals surface area contributed by atoms with E-state index in [4.69, 9.17) is 24.7 Å². The molecule has 0 saturated carbocycles. The Morgan fingerprint density at radius 1 is 0.939 bits per heavy atom. The van der Waals surface area contributed by atoms with Gasteiger partial charge in [-0.05, 0) is 48.9 Å². The first-order valence-corrected chi connectivity index (χ1v) is 9.87. The zero-order valence-electron chi connectivity index (χ0n) is 18.5. The molecule has 0 bridgehead atoms. The highest BCUT2D eigenvalue weighted by Gasteiger charge is 2.26. The van der Waals surface area contributed by atoms with Gasteiger partial charge < -0.3 is 30.0 Å². The van der Waals surface area contributed by atoms with E-state index in [1.54, 1.807) is 18.2 Å². The van der Waals surface area contributed by atoms with Crippen molar-refractivity contribution < 1.29 is 28.1 Å². The maximum atomic E-state index is 13.5. The lowest BCUT2D eigenvalue weighted by molar-refractivity contribution is 0.102. The summed E-state index contributed by atoms with van der Waals surface area (Å²) in [6.07, 6.45) is 0.754. The van der Waals surface area contributed by atoms with Crippen molar-refractivity contribution in [3.8, 4) is 28.7 Å². The Morgan fingerprint density at radius 2 is 1.61 bits per heavy atom. The third-order valence-corrected chi connectivity index (χ3v) is 4.68. The number of benzene rings is 3. The first-order chi connectivity index (χ1) is 15.5. The monoisotopic (exact) mass is 476 g/mol. The van der Waals surface area contributed by atoms with E-state index in [1.807, 2.05) is 12.1 Å². The molecule has 7 nitrogen and oxygen atoms in total. The van der Waals surface area contributed by atoms with Crippen molar-refractivity contribution in [2.45, 2.75) is 6.42 Å². The molecule has 3 rings (SSSR count). The molecule has 0 heterocycles. The van der Waals surface area contributed by atoms with E-state index < -0.39 is 11.7 Å². The third-order valence-electron chi connectivity index (χ3n) is 4.68. The van der Waals surface area contributed by atoms with Gasteiger partial charge in [0.05, 0.1) is 26.9 Å². The number of methoxy groups -OCH3 is 3. The van der Waals surface area contributed by atoms with Gasteiger partial charge in [-0.15, -0.1) is 12.4 Å². The number of nitrogens with one attached hydrogen (secondary N) is 1. The highest BCUT2D eigenvalue weighted by molar-refractivity contribution is 6.07. The van der Waals surface area contributed by atoms with Gasteiger partial charge in [0.1, 0.15) is 11.6 Å². The maximum Gasteiger partial charge on any atom is 0.259 e. The van der Waals surface area contributed by atoms with Gasteiger partial charge in [-0.2, -0.15) is 0 Å². The molecule has 0 aliphatic rings. The topological polar surface area (TPSA) is 92.0 Å². The van der Waals surface area contributed by atoms with Crippen molar-refractivity contribution in [2.24, 2.45) is 5.73 Å². The quantitative estimate of drug-likeness (QED) is 0.460. The van der Waals surface area contributed by atoms with Crippen molar-refractivity contribution in [3.05, 3.63) is 71.5 Å². The lowest BCUT2D eigenvalue weighted by Crippen LogP contribution is -2.14. The van der Waals surface area contributed by atoms with Gasteiger partial charge >= 0.3 is 0 Å². The van der Waals surface area contributed by atoms with Crippen molar-refractivity contribution in [3.63, 3.8) is 0 Å². The Hall–Kier alpha value is -3.49. The number of nitrogens with two attached hydrogens (primary N) is 1. The molecule has 3 N–H and O–H groups in total. The molecule has 3 aromatic rings. The van der Waals surface area contributed by atoms with E-state index >= 15 is 0 Å². The van der Waals surface area contributed by atoms with Crippen LogP contribution in [0.2, 0.25) is 0 Å². The average molecular weight is 477 g/mol. The zero-order chi connectivity index (χ0) is 23.1. The predicted octanol–water partition coefficient (Wildman–Crippen LogP) is 4.82. The molecule has 0 spiro atoms. The van der Waals surface area contributed by atoms with Crippen LogP contribution in [0.1, 0.15) is 15.9 Å². The molecular weight excluding hydrogens is 451 g/mol. The number of hydrogen-bond donors (Lipinski definition) is 2. The molecule has 1 amide bonds. The van der Waals surface area contributed by atoms with Crippen LogP contribution >= 0.6 is 12.4 Å². The van der Waals surface area contributed by atoms with E-state index in [9.17, 15) is 9.18 Å². The van der Waals surface area contributed by atoms with E-state index in [2.05, 4.69) is 5.32 Å². The van der Waals surface area contributed by atoms with Crippen LogP contribution in [0.3, 0.4) is 0 Å². The fourth-order valence-electron chi connectivity index (χ4n) is 3.21. The average Bonchev–Trinajstić information content (AvgIpc) is 2.79. The second kappa shape index (κ2) is 11.9. The minimum Gasteiger partial charge on any atom is -0.492 e. The minimum atomic E-state index is -0.531. The molecule has 0 aliphatic carbocycles. The van der Waals surface area contributed by atoms with Gasteiger partial charge in [0.2, 0.25) is 11.5 Å². The van der Waals surface area contributed by atoms with E-state index in [1.165, 1.54) is 45.6 Å². The Balaban J connectivity index is 0.00000385. The molecular formula is C24H26ClFN2O5. The second-order valence-corrected chi connectivity index (χ2v) is 6.77. The summed E-state index contributed by atoms with van der Waals surface area (Å²) < 4.78 is 35.9. The van der Waals surface area contributed by atoms with Crippen LogP contribution in [-0.4, -0.2) is 33.8 Å². The fourth-order valence-corrected chi connectivity index (χ4v) is 3.21. The fraction of sp³-hybridized carbons (Fsp3) is 0.208. The first kappa shape index (κ1) is 25.8. The van der Waals surface area contributed by atoms with E-state index in [-0.39, 0.29) is 41.0 Å². The van der Waals surface area contributed by atoms with E-state index in [0.29, 0.717) is 18.0 Å². The Morgan fingerprint density at radius 3 is 2.18 bits per heavy atom. The normalized spacial score (nSPS) is 10.1. The zero-order valence-corrected chi connectivity index (χ0v) is 19.3. The maximum absolute atomic E-state index is 13.5. The predicted molar refractivity (Wildman–Crippen MR) is 127 cm³/mol. The van der Waals surface area contributed by atoms with Crippen LogP contribution in [0.5, 0.6) is 28.7 Å². The van der Waals surface area contributed by atoms with Crippen LogP contribution in [0, 0.1) is 5.82 Å². The molecule has 0 atom stereocenters. The van der Waals surface area contributed by atoms with Gasteiger partial charge in [0.15, 0.2) is 11.5 Å². The van der Waals surface area contributed by atoms with E-state index in [0.717, 1.165) is 12.0 Å². The Bertz CT molecular complexity index is 1090. The summed E-state index contributed by atoms with van der Waals surface area (Å²) in [6.45, 7) is 0.549. The lowest BCUT2D eigenvalue weighted by Gasteiger charge is -2.19. The van der Waals surface area contributed by atoms with Crippen molar-refractivity contribution >= 4 is 24.0 Å². The first-order valence-electron chi connectivity index (χ1n) is 9.87. The minimum absolute atomic E-state index is 0. The van der Waals surface area contributed by atoms with Crippen molar-refractivity contribution in [1.82, 2.24) is 0 Å². The summed E-state index contributed by atoms with van der Waals surface area (Å²) in [5, 5.41) is 2.65. The molecule has 0 radical (unpaired) electrons. The molecule has 0 aliphatic heterocycles. The summed E-state index contributed by atoms with van der Waals surface area (Å²) in [6, 6.07) is 14.5. The Labute approximate surface area is 198 Å². The number of halogens is 2. The number of rotatable bonds is 9. The molecule has 0 unspecified atom stereocenters. The van der Waals surface area contributed by atoms with Gasteiger partial charge in [-0.1, -0.05) is 18.2 Å². The van der Waals surface area contributed by atoms with Crippen LogP contribution in [0.25, 0.3) is 0 Å². The van der Waals surface area contributed by atoms with Crippen molar-refractivity contribution in [2.75, 3.05) is 33.2 Å². The second-order valence-electron chi connectivity index (χ2n) is 6.77. The Kier molecular flexibility index (Phi) is 9.32. The van der Waals surface area contributed by atoms with Crippen molar-refractivity contribution in [1.29, 1.82) is 0 Å². The molecule has 3 aromatic carbocycles. The van der Waals surface area contributed by atoms with Gasteiger partial charge in [0, 0.05) is 11.8 Å². The molecule has 176 valence electrons. The van der Waals surface area contributed by atoms with Gasteiger partial charge in [-0.25, -0.2) is 4.39 Å². The molecule has 0 fully saturated rings. The molecule has 0 saturated heterocycles. The smallest absolute Gasteiger partial charge is 0.259 e. The summed E-state index contributed by atoms with van der Waals surface area (Å²) in [7, 11) is 4.30. The number of amides is 1. The summed E-state index contributed by atoms with van der Waals surface area (Å²) in [5.74, 6) is 0.396. The van der Waals surface area contributed by atoms with Gasteiger partial charge in [0.25, 0.3) is 5.91 Å². The van der Waals surface area contributed by atoms with Crippen LogP contribution < -0.4 is 30.0 Å². The summed E-state index contributed by atoms with van der Waals surface area (Å²) >= 11 is 0. The lowest BCUT2D eigenvalue weighted by atomic mass is 10.1. The third kappa shape index (κ3) is 6.06. The summed E-state index contributed by atoms with van der Waals surface area (Å²) in [4.78, 5) is 13.0. The summed E-state index contributed by atoms with van der Waals surface area (Å²) in [5.41, 5.74) is 7.10. The number of carbonyl (C=O) groups is 1. The number of ether oxygens (including phenoxy) is 4. The molecule has 0 aromatic heterocycles.